The number of nitrogens with zero attached hydrogens (tertiary/aromatic N) is 2. The Hall–Kier alpha value is -10.8. The molecule has 2 aliphatic carbocycles. The monoisotopic (exact) mass is 1470 g/mol. The summed E-state index contributed by atoms with van der Waals surface area (Å²) in [4.78, 5) is 4.78. The minimum Gasteiger partial charge on any atom is -0.346 e. The predicted octanol–water partition coefficient (Wildman–Crippen LogP) is 25.3. The molecule has 0 radical (unpaired) electrons. The average molecular weight is 1480 g/mol. The van der Waals surface area contributed by atoms with E-state index in [1.165, 1.54) is 110 Å². The molecule has 3 saturated heterocycles. The van der Waals surface area contributed by atoms with Gasteiger partial charge in [0.25, 0.3) is 0 Å². The smallest absolute Gasteiger partial charge is 0.184 e. The molecular weight excluding hydrogens is 1390 g/mol. The summed E-state index contributed by atoms with van der Waals surface area (Å²) >= 11 is 3.37. The van der Waals surface area contributed by atoms with Crippen LogP contribution in [0.2, 0.25) is 0 Å². The van der Waals surface area contributed by atoms with E-state index in [0.717, 1.165) is 68.1 Å². The summed E-state index contributed by atoms with van der Waals surface area (Å²) in [5.41, 5.74) is 25.8. The SMILES string of the molecule is Brc1ccc(C2OCCO2)cc1.CC1(C)c2cc(Cc3cccc4ccccc34)ccc2-c2ccc(Cc3cccc4ccccc34)cc21.CC1(C)c2cc(N(c3ccc(C4OCCO4)cc3)c3cccc4ccccc34)ccc2-c2ccc(N(c3ccc(C4OCCO4)cc3)c3cccc4ccccc34)cc21. The first-order chi connectivity index (χ1) is 52.9. The highest BCUT2D eigenvalue weighted by molar-refractivity contribution is 9.10. The number of hydrogen-bond acceptors (Lipinski definition) is 8. The van der Waals surface area contributed by atoms with Gasteiger partial charge in [0.1, 0.15) is 0 Å². The van der Waals surface area contributed by atoms with E-state index in [-0.39, 0.29) is 29.7 Å². The van der Waals surface area contributed by atoms with Crippen molar-refractivity contribution in [2.75, 3.05) is 49.4 Å². The molecule has 20 rings (SSSR count). The van der Waals surface area contributed by atoms with Gasteiger partial charge in [-0.3, -0.25) is 0 Å². The van der Waals surface area contributed by atoms with E-state index >= 15 is 0 Å². The molecule has 0 N–H and O–H groups in total. The normalized spacial score (nSPS) is 15.5. The number of benzene rings is 15. The Labute approximate surface area is 640 Å². The molecule has 532 valence electrons. The van der Waals surface area contributed by atoms with Crippen molar-refractivity contribution in [3.63, 3.8) is 0 Å². The van der Waals surface area contributed by atoms with Crippen LogP contribution in [0.1, 0.15) is 108 Å². The van der Waals surface area contributed by atoms with E-state index in [1.54, 1.807) is 0 Å². The third-order valence-corrected chi connectivity index (χ3v) is 22.9. The van der Waals surface area contributed by atoms with E-state index in [9.17, 15) is 0 Å². The maximum atomic E-state index is 5.84. The molecule has 108 heavy (non-hydrogen) atoms. The van der Waals surface area contributed by atoms with E-state index < -0.39 is 0 Å². The van der Waals surface area contributed by atoms with Crippen LogP contribution in [0.5, 0.6) is 0 Å². The Morgan fingerprint density at radius 1 is 0.287 bits per heavy atom. The predicted molar refractivity (Wildman–Crippen MR) is 444 cm³/mol. The Balaban J connectivity index is 0.000000141. The lowest BCUT2D eigenvalue weighted by Gasteiger charge is -2.30. The lowest BCUT2D eigenvalue weighted by molar-refractivity contribution is -0.0443. The molecule has 0 unspecified atom stereocenters. The highest BCUT2D eigenvalue weighted by Crippen LogP contribution is 2.54. The molecule has 0 aromatic heterocycles. The largest absolute Gasteiger partial charge is 0.346 e. The second-order valence-corrected chi connectivity index (χ2v) is 30.6. The van der Waals surface area contributed by atoms with E-state index in [0.29, 0.717) is 39.6 Å². The molecular formula is C99H83BrN2O6. The number of rotatable bonds is 13. The molecule has 0 saturated carbocycles. The molecule has 0 amide bonds. The van der Waals surface area contributed by atoms with Crippen molar-refractivity contribution in [3.8, 4) is 22.3 Å². The summed E-state index contributed by atoms with van der Waals surface area (Å²) in [7, 11) is 0. The number of fused-ring (bicyclic) bond motifs is 10. The van der Waals surface area contributed by atoms with E-state index in [2.05, 4.69) is 345 Å². The van der Waals surface area contributed by atoms with Gasteiger partial charge in [0, 0.05) is 65.5 Å². The molecule has 8 nitrogen and oxygen atoms in total. The summed E-state index contributed by atoms with van der Waals surface area (Å²) in [6.45, 7) is 13.4. The van der Waals surface area contributed by atoms with Crippen LogP contribution in [0, 0.1) is 0 Å². The second-order valence-electron chi connectivity index (χ2n) is 29.7. The van der Waals surface area contributed by atoms with Crippen molar-refractivity contribution in [2.45, 2.75) is 70.2 Å². The zero-order valence-corrected chi connectivity index (χ0v) is 62.7. The van der Waals surface area contributed by atoms with Gasteiger partial charge in [0.05, 0.1) is 51.0 Å². The molecule has 3 aliphatic heterocycles. The van der Waals surface area contributed by atoms with Crippen molar-refractivity contribution < 1.29 is 28.4 Å². The fourth-order valence-electron chi connectivity index (χ4n) is 16.9. The lowest BCUT2D eigenvalue weighted by Crippen LogP contribution is -2.18. The highest BCUT2D eigenvalue weighted by atomic mass is 79.9. The maximum Gasteiger partial charge on any atom is 0.184 e. The summed E-state index contributed by atoms with van der Waals surface area (Å²) in [6.07, 6.45) is 1.10. The van der Waals surface area contributed by atoms with Gasteiger partial charge in [0.15, 0.2) is 18.9 Å². The van der Waals surface area contributed by atoms with Crippen LogP contribution >= 0.6 is 15.9 Å². The number of halogens is 1. The standard InChI is InChI=1S/C53H44N2O4.C37H30.C9H9BrO2/c1-53(2)47-33-41(54(49-15-7-11-35-9-3-5-13-43(35)49)39-21-17-37(18-22-39)51-56-29-30-57-51)25-27-45(47)46-28-26-42(34-48(46)53)55(50-16-8-12-36-10-4-6-14-44(36)50)40-23-19-38(20-24-40)52-58-31-32-59-52;1-37(2)35-23-25(21-29-13-7-11-27-9-3-5-15-31(27)29)17-19-33(35)34-20-18-26(24-36(34)37)22-30-14-8-12-28-10-4-6-16-32(28)30;10-8-3-1-7(2-4-8)9-11-5-6-12-9/h3-28,33-34,51-52H,29-32H2,1-2H3;3-20,23-24H,21-22H2,1-2H3;1-4,9H,5-6H2. The van der Waals surface area contributed by atoms with Crippen molar-refractivity contribution in [1.82, 2.24) is 0 Å². The van der Waals surface area contributed by atoms with Crippen LogP contribution in [0.15, 0.2) is 320 Å². The summed E-state index contributed by atoms with van der Waals surface area (Å²) in [6, 6.07) is 115. The Morgan fingerprint density at radius 3 is 0.944 bits per heavy atom. The fourth-order valence-corrected chi connectivity index (χ4v) is 17.1. The zero-order valence-electron chi connectivity index (χ0n) is 61.1. The molecule has 15 aromatic carbocycles. The Morgan fingerprint density at radius 2 is 0.574 bits per heavy atom. The summed E-state index contributed by atoms with van der Waals surface area (Å²) in [5.74, 6) is 0. The Kier molecular flexibility index (Phi) is 18.8. The lowest BCUT2D eigenvalue weighted by atomic mass is 9.81. The quantitative estimate of drug-likeness (QED) is 0.113. The van der Waals surface area contributed by atoms with Gasteiger partial charge in [-0.15, -0.1) is 0 Å². The van der Waals surface area contributed by atoms with Gasteiger partial charge in [-0.1, -0.05) is 286 Å². The van der Waals surface area contributed by atoms with Crippen molar-refractivity contribution >= 4 is 93.1 Å². The van der Waals surface area contributed by atoms with E-state index in [1.807, 2.05) is 24.3 Å². The molecule has 3 fully saturated rings. The molecule has 0 spiro atoms. The number of ether oxygens (including phenoxy) is 6. The van der Waals surface area contributed by atoms with Crippen molar-refractivity contribution in [3.05, 3.63) is 381 Å². The summed E-state index contributed by atoms with van der Waals surface area (Å²) < 4.78 is 35.1. The minimum absolute atomic E-state index is 0.0196. The summed E-state index contributed by atoms with van der Waals surface area (Å²) in [5, 5.41) is 10.1. The first-order valence-electron chi connectivity index (χ1n) is 37.7. The first-order valence-corrected chi connectivity index (χ1v) is 38.5. The molecule has 3 heterocycles. The van der Waals surface area contributed by atoms with Crippen LogP contribution < -0.4 is 9.80 Å². The maximum absolute atomic E-state index is 5.84. The molecule has 0 bridgehead atoms. The molecule has 0 atom stereocenters. The van der Waals surface area contributed by atoms with Gasteiger partial charge in [-0.25, -0.2) is 0 Å². The van der Waals surface area contributed by atoms with Gasteiger partial charge in [0.2, 0.25) is 0 Å². The second kappa shape index (κ2) is 29.4. The van der Waals surface area contributed by atoms with Gasteiger partial charge in [-0.2, -0.15) is 0 Å². The number of hydrogen-bond donors (Lipinski definition) is 0. The topological polar surface area (TPSA) is 61.9 Å². The third kappa shape index (κ3) is 13.3. The molecule has 15 aromatic rings. The van der Waals surface area contributed by atoms with Crippen LogP contribution in [-0.4, -0.2) is 39.6 Å². The van der Waals surface area contributed by atoms with Gasteiger partial charge < -0.3 is 38.2 Å². The minimum atomic E-state index is -0.323. The Bertz CT molecular complexity index is 5490. The van der Waals surface area contributed by atoms with Crippen LogP contribution in [0.4, 0.5) is 34.1 Å². The van der Waals surface area contributed by atoms with Crippen molar-refractivity contribution in [2.24, 2.45) is 0 Å². The van der Waals surface area contributed by atoms with Crippen LogP contribution in [0.25, 0.3) is 65.3 Å². The third-order valence-electron chi connectivity index (χ3n) is 22.4. The van der Waals surface area contributed by atoms with E-state index in [4.69, 9.17) is 28.4 Å². The molecule has 5 aliphatic rings. The fraction of sp³-hybridized carbons (Fsp3) is 0.172. The van der Waals surface area contributed by atoms with Crippen LogP contribution in [-0.2, 0) is 52.1 Å². The van der Waals surface area contributed by atoms with Crippen molar-refractivity contribution in [1.29, 1.82) is 0 Å². The highest BCUT2D eigenvalue weighted by Gasteiger charge is 2.39. The first kappa shape index (κ1) is 69.0. The average Bonchev–Trinajstić information content (AvgIpc) is 1.58. The zero-order chi connectivity index (χ0) is 72.9. The van der Waals surface area contributed by atoms with Gasteiger partial charge >= 0.3 is 0 Å². The van der Waals surface area contributed by atoms with Crippen LogP contribution in [0.3, 0.4) is 0 Å². The number of anilines is 6. The van der Waals surface area contributed by atoms with Gasteiger partial charge in [-0.05, 0) is 185 Å². The molecule has 9 heteroatoms.